The molecule has 0 spiro atoms. The molecule has 1 rings (SSSR count). The van der Waals surface area contributed by atoms with Crippen molar-refractivity contribution in [1.82, 2.24) is 5.32 Å². The normalized spacial score (nSPS) is 17.8. The molecular weight excluding hydrogens is 242 g/mol. The largest absolute Gasteiger partial charge is 0.396 e. The molecule has 1 saturated carbocycles. The molecule has 0 aromatic rings. The van der Waals surface area contributed by atoms with Gasteiger partial charge in [0.25, 0.3) is 0 Å². The smallest absolute Gasteiger partial charge is 0.0438 e. The third-order valence-corrected chi connectivity index (χ3v) is 4.05. The van der Waals surface area contributed by atoms with Gasteiger partial charge in [0.15, 0.2) is 0 Å². The molecule has 1 fully saturated rings. The lowest BCUT2D eigenvalue weighted by Crippen LogP contribution is -2.30. The van der Waals surface area contributed by atoms with E-state index in [0.29, 0.717) is 6.61 Å². The number of halogens is 1. The Morgan fingerprint density at radius 2 is 1.75 bits per heavy atom. The molecule has 98 valence electrons. The number of rotatable bonds is 7. The lowest BCUT2D eigenvalue weighted by Gasteiger charge is -2.15. The Morgan fingerprint density at radius 1 is 1.06 bits per heavy atom. The molecule has 2 nitrogen and oxygen atoms in total. The van der Waals surface area contributed by atoms with E-state index < -0.39 is 0 Å². The summed E-state index contributed by atoms with van der Waals surface area (Å²) >= 11 is 1.95. The molecule has 0 aromatic heterocycles. The van der Waals surface area contributed by atoms with Crippen molar-refractivity contribution in [2.45, 2.75) is 51.0 Å². The Balaban J connectivity index is 0.00000225. The zero-order chi connectivity index (χ0) is 10.8. The van der Waals surface area contributed by atoms with E-state index in [2.05, 4.69) is 5.32 Å². The maximum Gasteiger partial charge on any atom is 0.0438 e. The van der Waals surface area contributed by atoms with Crippen LogP contribution in [0.15, 0.2) is 0 Å². The van der Waals surface area contributed by atoms with Crippen LogP contribution in [0, 0.1) is 0 Å². The highest BCUT2D eigenvalue weighted by Crippen LogP contribution is 2.17. The average Bonchev–Trinajstić information content (AvgIpc) is 2.52. The summed E-state index contributed by atoms with van der Waals surface area (Å²) in [6.45, 7) is 1.48. The monoisotopic (exact) mass is 267 g/mol. The average molecular weight is 268 g/mol. The molecule has 1 aliphatic carbocycles. The maximum atomic E-state index is 8.63. The Morgan fingerprint density at radius 3 is 2.38 bits per heavy atom. The predicted molar refractivity (Wildman–Crippen MR) is 75.8 cm³/mol. The van der Waals surface area contributed by atoms with E-state index in [1.54, 1.807) is 0 Å². The summed E-state index contributed by atoms with van der Waals surface area (Å²) in [6.07, 6.45) is 9.38. The molecule has 1 aliphatic rings. The second-order valence-corrected chi connectivity index (χ2v) is 5.56. The Labute approximate surface area is 110 Å². The van der Waals surface area contributed by atoms with Gasteiger partial charge in [-0.3, -0.25) is 0 Å². The number of aliphatic hydroxyl groups is 1. The number of aliphatic hydroxyl groups excluding tert-OH is 1. The van der Waals surface area contributed by atoms with Crippen LogP contribution in [-0.4, -0.2) is 35.8 Å². The molecule has 0 saturated heterocycles. The highest BCUT2D eigenvalue weighted by molar-refractivity contribution is 7.99. The molecule has 0 amide bonds. The van der Waals surface area contributed by atoms with E-state index in [0.717, 1.165) is 24.8 Å². The van der Waals surface area contributed by atoms with Crippen LogP contribution in [0.1, 0.15) is 44.9 Å². The number of nitrogens with one attached hydrogen (secondary N) is 1. The van der Waals surface area contributed by atoms with E-state index >= 15 is 0 Å². The van der Waals surface area contributed by atoms with E-state index in [9.17, 15) is 0 Å². The highest BCUT2D eigenvalue weighted by atomic mass is 35.5. The lowest BCUT2D eigenvalue weighted by atomic mass is 10.1. The van der Waals surface area contributed by atoms with Crippen molar-refractivity contribution in [3.8, 4) is 0 Å². The molecule has 2 N–H and O–H groups in total. The minimum Gasteiger partial charge on any atom is -0.396 e. The zero-order valence-electron chi connectivity index (χ0n) is 10.1. The summed E-state index contributed by atoms with van der Waals surface area (Å²) in [4.78, 5) is 0. The summed E-state index contributed by atoms with van der Waals surface area (Å²) < 4.78 is 0. The number of hydrogen-bond donors (Lipinski definition) is 2. The minimum atomic E-state index is 0. The first kappa shape index (κ1) is 16.6. The fourth-order valence-electron chi connectivity index (χ4n) is 2.09. The van der Waals surface area contributed by atoms with Gasteiger partial charge in [0, 0.05) is 24.9 Å². The number of hydrogen-bond acceptors (Lipinski definition) is 3. The van der Waals surface area contributed by atoms with Crippen molar-refractivity contribution in [3.05, 3.63) is 0 Å². The first-order chi connectivity index (χ1) is 7.43. The van der Waals surface area contributed by atoms with Gasteiger partial charge in [-0.05, 0) is 25.0 Å². The third kappa shape index (κ3) is 8.68. The van der Waals surface area contributed by atoms with Gasteiger partial charge in [-0.1, -0.05) is 25.7 Å². The van der Waals surface area contributed by atoms with Gasteiger partial charge in [0.1, 0.15) is 0 Å². The molecule has 0 aromatic carbocycles. The van der Waals surface area contributed by atoms with Gasteiger partial charge in [-0.25, -0.2) is 0 Å². The summed E-state index contributed by atoms with van der Waals surface area (Å²) in [5.74, 6) is 2.29. The van der Waals surface area contributed by atoms with Crippen molar-refractivity contribution >= 4 is 24.2 Å². The van der Waals surface area contributed by atoms with Crippen LogP contribution in [0.25, 0.3) is 0 Å². The molecule has 0 aliphatic heterocycles. The van der Waals surface area contributed by atoms with E-state index in [1.165, 1.54) is 44.3 Å². The zero-order valence-corrected chi connectivity index (χ0v) is 11.8. The molecular formula is C12H26ClNOS. The number of thioether (sulfide) groups is 1. The van der Waals surface area contributed by atoms with E-state index in [-0.39, 0.29) is 12.4 Å². The van der Waals surface area contributed by atoms with Crippen molar-refractivity contribution in [2.24, 2.45) is 0 Å². The van der Waals surface area contributed by atoms with Crippen molar-refractivity contribution < 1.29 is 5.11 Å². The molecule has 4 heteroatoms. The van der Waals surface area contributed by atoms with E-state index in [1.807, 2.05) is 11.8 Å². The topological polar surface area (TPSA) is 32.3 Å². The van der Waals surface area contributed by atoms with Crippen LogP contribution >= 0.6 is 24.2 Å². The van der Waals surface area contributed by atoms with Gasteiger partial charge in [-0.2, -0.15) is 11.8 Å². The quantitative estimate of drug-likeness (QED) is 0.550. The van der Waals surface area contributed by atoms with E-state index in [4.69, 9.17) is 5.11 Å². The van der Waals surface area contributed by atoms with Crippen LogP contribution in [0.5, 0.6) is 0 Å². The standard InChI is InChI=1S/C12H25NOS.ClH/c14-9-5-10-15-11-8-13-12-6-3-1-2-4-7-12;/h12-14H,1-11H2;1H. The minimum absolute atomic E-state index is 0. The first-order valence-corrected chi connectivity index (χ1v) is 7.51. The van der Waals surface area contributed by atoms with Gasteiger partial charge in [0.05, 0.1) is 0 Å². The van der Waals surface area contributed by atoms with Crippen LogP contribution < -0.4 is 5.32 Å². The Hall–Kier alpha value is 0.560. The SMILES string of the molecule is Cl.OCCCSCCNC1CCCCCC1. The fraction of sp³-hybridized carbons (Fsp3) is 1.00. The Kier molecular flexibility index (Phi) is 12.4. The summed E-state index contributed by atoms with van der Waals surface area (Å²) in [5, 5.41) is 12.3. The van der Waals surface area contributed by atoms with Crippen LogP contribution in [0.3, 0.4) is 0 Å². The third-order valence-electron chi connectivity index (χ3n) is 2.98. The first-order valence-electron chi connectivity index (χ1n) is 6.35. The molecule has 0 atom stereocenters. The van der Waals surface area contributed by atoms with Gasteiger partial charge >= 0.3 is 0 Å². The fourth-order valence-corrected chi connectivity index (χ4v) is 2.89. The van der Waals surface area contributed by atoms with Gasteiger partial charge < -0.3 is 10.4 Å². The van der Waals surface area contributed by atoms with Crippen LogP contribution in [0.4, 0.5) is 0 Å². The van der Waals surface area contributed by atoms with Crippen molar-refractivity contribution in [2.75, 3.05) is 24.7 Å². The maximum absolute atomic E-state index is 8.63. The van der Waals surface area contributed by atoms with Crippen LogP contribution in [0.2, 0.25) is 0 Å². The van der Waals surface area contributed by atoms with Crippen molar-refractivity contribution in [1.29, 1.82) is 0 Å². The molecule has 0 heterocycles. The summed E-state index contributed by atoms with van der Waals surface area (Å²) in [5.41, 5.74) is 0. The molecule has 0 unspecified atom stereocenters. The lowest BCUT2D eigenvalue weighted by molar-refractivity contribution is 0.296. The van der Waals surface area contributed by atoms with Gasteiger partial charge in [0.2, 0.25) is 0 Å². The summed E-state index contributed by atoms with van der Waals surface area (Å²) in [6, 6.07) is 0.783. The van der Waals surface area contributed by atoms with Crippen LogP contribution in [-0.2, 0) is 0 Å². The molecule has 0 bridgehead atoms. The van der Waals surface area contributed by atoms with Crippen molar-refractivity contribution in [3.63, 3.8) is 0 Å². The predicted octanol–water partition coefficient (Wildman–Crippen LogP) is 2.84. The summed E-state index contributed by atoms with van der Waals surface area (Å²) in [7, 11) is 0. The second kappa shape index (κ2) is 12.0. The molecule has 0 radical (unpaired) electrons. The Bertz CT molecular complexity index is 141. The second-order valence-electron chi connectivity index (χ2n) is 4.33. The van der Waals surface area contributed by atoms with Gasteiger partial charge in [-0.15, -0.1) is 12.4 Å². The molecule has 16 heavy (non-hydrogen) atoms. The highest BCUT2D eigenvalue weighted by Gasteiger charge is 2.10.